The maximum Gasteiger partial charge on any atom is 0.258 e. The molecule has 0 bridgehead atoms. The van der Waals surface area contributed by atoms with E-state index in [1.54, 1.807) is 12.1 Å². The van der Waals surface area contributed by atoms with Crippen LogP contribution < -0.4 is 15.4 Å². The van der Waals surface area contributed by atoms with Gasteiger partial charge < -0.3 is 15.4 Å². The van der Waals surface area contributed by atoms with Crippen molar-refractivity contribution >= 4 is 17.5 Å². The number of ether oxygens (including phenoxy) is 1. The summed E-state index contributed by atoms with van der Waals surface area (Å²) in [6, 6.07) is 5.52. The quantitative estimate of drug-likeness (QED) is 0.848. The molecule has 0 fully saturated rings. The van der Waals surface area contributed by atoms with E-state index in [0.717, 1.165) is 5.56 Å². The summed E-state index contributed by atoms with van der Waals surface area (Å²) in [5.41, 5.74) is 0.934. The molecule has 118 valence electrons. The average molecular weight is 313 g/mol. The summed E-state index contributed by atoms with van der Waals surface area (Å²) in [5.74, 6) is 0.546. The molecule has 4 nitrogen and oxygen atoms in total. The molecule has 1 amide bonds. The van der Waals surface area contributed by atoms with E-state index in [1.165, 1.54) is 0 Å². The molecule has 0 aliphatic rings. The van der Waals surface area contributed by atoms with Gasteiger partial charge in [-0.25, -0.2) is 0 Å². The minimum absolute atomic E-state index is 0.00231. The van der Waals surface area contributed by atoms with Crippen molar-refractivity contribution in [2.75, 3.05) is 6.61 Å². The zero-order chi connectivity index (χ0) is 16.0. The third-order valence-corrected chi connectivity index (χ3v) is 2.88. The molecule has 1 aromatic carbocycles. The van der Waals surface area contributed by atoms with E-state index in [-0.39, 0.29) is 24.1 Å². The number of benzene rings is 1. The van der Waals surface area contributed by atoms with Gasteiger partial charge in [-0.15, -0.1) is 0 Å². The lowest BCUT2D eigenvalue weighted by molar-refractivity contribution is -0.123. The van der Waals surface area contributed by atoms with Crippen LogP contribution in [0, 0.1) is 0 Å². The van der Waals surface area contributed by atoms with E-state index in [2.05, 4.69) is 31.4 Å². The standard InChI is InChI=1S/C16H25ClN2O2/c1-11(2)19-15(20)10-21-14-7-6-13(17)8-12(14)9-18-16(3,4)5/h6-8,11,18H,9-10H2,1-5H3,(H,19,20). The van der Waals surface area contributed by atoms with E-state index in [9.17, 15) is 4.79 Å². The molecule has 0 unspecified atom stereocenters. The van der Waals surface area contributed by atoms with Gasteiger partial charge in [0.15, 0.2) is 6.61 Å². The molecule has 1 aromatic rings. The topological polar surface area (TPSA) is 50.4 Å². The highest BCUT2D eigenvalue weighted by Gasteiger charge is 2.12. The summed E-state index contributed by atoms with van der Waals surface area (Å²) in [6.45, 7) is 10.7. The second-order valence-electron chi connectivity index (χ2n) is 6.37. The van der Waals surface area contributed by atoms with Crippen LogP contribution in [-0.2, 0) is 11.3 Å². The van der Waals surface area contributed by atoms with Gasteiger partial charge in [0.2, 0.25) is 0 Å². The number of carbonyl (C=O) groups excluding carboxylic acids is 1. The maximum absolute atomic E-state index is 11.6. The first-order valence-corrected chi connectivity index (χ1v) is 7.51. The van der Waals surface area contributed by atoms with Gasteiger partial charge in [0.25, 0.3) is 5.91 Å². The smallest absolute Gasteiger partial charge is 0.258 e. The lowest BCUT2D eigenvalue weighted by Gasteiger charge is -2.22. The lowest BCUT2D eigenvalue weighted by atomic mass is 10.1. The van der Waals surface area contributed by atoms with Gasteiger partial charge in [0.05, 0.1) is 0 Å². The first-order chi connectivity index (χ1) is 9.67. The fourth-order valence-corrected chi connectivity index (χ4v) is 1.89. The Morgan fingerprint density at radius 2 is 2.00 bits per heavy atom. The molecule has 0 aromatic heterocycles. The average Bonchev–Trinajstić information content (AvgIpc) is 2.33. The Morgan fingerprint density at radius 3 is 2.57 bits per heavy atom. The van der Waals surface area contributed by atoms with Crippen LogP contribution in [0.5, 0.6) is 5.75 Å². The van der Waals surface area contributed by atoms with E-state index >= 15 is 0 Å². The second-order valence-corrected chi connectivity index (χ2v) is 6.80. The van der Waals surface area contributed by atoms with Crippen molar-refractivity contribution in [3.63, 3.8) is 0 Å². The van der Waals surface area contributed by atoms with Crippen LogP contribution in [0.1, 0.15) is 40.2 Å². The molecular formula is C16H25ClN2O2. The van der Waals surface area contributed by atoms with Gasteiger partial charge in [-0.3, -0.25) is 4.79 Å². The molecule has 2 N–H and O–H groups in total. The number of hydrogen-bond donors (Lipinski definition) is 2. The molecule has 5 heteroatoms. The molecule has 0 saturated carbocycles. The predicted octanol–water partition coefficient (Wildman–Crippen LogP) is 3.13. The highest BCUT2D eigenvalue weighted by Crippen LogP contribution is 2.23. The fourth-order valence-electron chi connectivity index (χ4n) is 1.69. The van der Waals surface area contributed by atoms with Gasteiger partial charge in [0.1, 0.15) is 5.75 Å². The largest absolute Gasteiger partial charge is 0.483 e. The molecule has 21 heavy (non-hydrogen) atoms. The number of rotatable bonds is 6. The number of hydrogen-bond acceptors (Lipinski definition) is 3. The van der Waals surface area contributed by atoms with Gasteiger partial charge in [-0.1, -0.05) is 11.6 Å². The summed E-state index contributed by atoms with van der Waals surface area (Å²) in [6.07, 6.45) is 0. The fraction of sp³-hybridized carbons (Fsp3) is 0.562. The molecule has 0 aliphatic heterocycles. The molecular weight excluding hydrogens is 288 g/mol. The van der Waals surface area contributed by atoms with Crippen molar-refractivity contribution in [1.29, 1.82) is 0 Å². The molecule has 1 rings (SSSR count). The Kier molecular flexibility index (Phi) is 6.49. The van der Waals surface area contributed by atoms with Crippen molar-refractivity contribution in [2.24, 2.45) is 0 Å². The summed E-state index contributed by atoms with van der Waals surface area (Å²) in [5, 5.41) is 6.83. The molecule has 0 radical (unpaired) electrons. The summed E-state index contributed by atoms with van der Waals surface area (Å²) in [7, 11) is 0. The monoisotopic (exact) mass is 312 g/mol. The zero-order valence-corrected chi connectivity index (χ0v) is 14.2. The van der Waals surface area contributed by atoms with Crippen LogP contribution in [0.15, 0.2) is 18.2 Å². The van der Waals surface area contributed by atoms with Gasteiger partial charge >= 0.3 is 0 Å². The molecule has 0 heterocycles. The van der Waals surface area contributed by atoms with Crippen LogP contribution in [0.4, 0.5) is 0 Å². The molecule has 0 aliphatic carbocycles. The van der Waals surface area contributed by atoms with Crippen molar-refractivity contribution < 1.29 is 9.53 Å². The van der Waals surface area contributed by atoms with Crippen molar-refractivity contribution in [2.45, 2.75) is 52.7 Å². The Bertz CT molecular complexity index is 482. The summed E-state index contributed by atoms with van der Waals surface area (Å²) in [4.78, 5) is 11.6. The Morgan fingerprint density at radius 1 is 1.33 bits per heavy atom. The van der Waals surface area contributed by atoms with Crippen LogP contribution in [0.3, 0.4) is 0 Å². The first kappa shape index (κ1) is 17.8. The van der Waals surface area contributed by atoms with Crippen LogP contribution >= 0.6 is 11.6 Å². The first-order valence-electron chi connectivity index (χ1n) is 7.13. The van der Waals surface area contributed by atoms with Gasteiger partial charge in [-0.05, 0) is 52.8 Å². The van der Waals surface area contributed by atoms with Gasteiger partial charge in [-0.2, -0.15) is 0 Å². The third kappa shape index (κ3) is 7.34. The highest BCUT2D eigenvalue weighted by atomic mass is 35.5. The van der Waals surface area contributed by atoms with Crippen LogP contribution in [0.25, 0.3) is 0 Å². The Hall–Kier alpha value is -1.26. The van der Waals surface area contributed by atoms with Crippen molar-refractivity contribution in [3.05, 3.63) is 28.8 Å². The van der Waals surface area contributed by atoms with E-state index < -0.39 is 0 Å². The van der Waals surface area contributed by atoms with Crippen molar-refractivity contribution in [3.8, 4) is 5.75 Å². The van der Waals surface area contributed by atoms with Crippen molar-refractivity contribution in [1.82, 2.24) is 10.6 Å². The minimum atomic E-state index is -0.130. The predicted molar refractivity (Wildman–Crippen MR) is 86.8 cm³/mol. The summed E-state index contributed by atoms with van der Waals surface area (Å²) >= 11 is 6.04. The third-order valence-electron chi connectivity index (χ3n) is 2.64. The second kappa shape index (κ2) is 7.66. The maximum atomic E-state index is 11.6. The minimum Gasteiger partial charge on any atom is -0.483 e. The molecule has 0 spiro atoms. The highest BCUT2D eigenvalue weighted by molar-refractivity contribution is 6.30. The molecule has 0 atom stereocenters. The SMILES string of the molecule is CC(C)NC(=O)COc1ccc(Cl)cc1CNC(C)(C)C. The molecule has 0 saturated heterocycles. The van der Waals surface area contributed by atoms with Gasteiger partial charge in [0, 0.05) is 28.7 Å². The lowest BCUT2D eigenvalue weighted by Crippen LogP contribution is -2.35. The number of halogens is 1. The number of carbonyl (C=O) groups is 1. The number of amides is 1. The van der Waals surface area contributed by atoms with E-state index in [1.807, 2.05) is 19.9 Å². The van der Waals surface area contributed by atoms with Crippen LogP contribution in [-0.4, -0.2) is 24.1 Å². The van der Waals surface area contributed by atoms with E-state index in [0.29, 0.717) is 17.3 Å². The van der Waals surface area contributed by atoms with E-state index in [4.69, 9.17) is 16.3 Å². The summed E-state index contributed by atoms with van der Waals surface area (Å²) < 4.78 is 5.61. The van der Waals surface area contributed by atoms with Crippen LogP contribution in [0.2, 0.25) is 5.02 Å². The normalized spacial score (nSPS) is 11.6. The zero-order valence-electron chi connectivity index (χ0n) is 13.4. The number of nitrogens with one attached hydrogen (secondary N) is 2. The Balaban J connectivity index is 2.70. The Labute approximate surface area is 132 Å².